The van der Waals surface area contributed by atoms with Crippen molar-refractivity contribution in [1.29, 1.82) is 0 Å². The van der Waals surface area contributed by atoms with E-state index in [2.05, 4.69) is 31.2 Å². The van der Waals surface area contributed by atoms with Crippen LogP contribution in [0, 0.1) is 13.8 Å². The van der Waals surface area contributed by atoms with Crippen molar-refractivity contribution in [3.8, 4) is 5.75 Å². The Labute approximate surface area is 128 Å². The van der Waals surface area contributed by atoms with E-state index in [0.29, 0.717) is 12.7 Å². The normalized spacial score (nSPS) is 22.8. The first kappa shape index (κ1) is 16.3. The minimum absolute atomic E-state index is 0.141. The maximum Gasteiger partial charge on any atom is 0.163 e. The summed E-state index contributed by atoms with van der Waals surface area (Å²) in [4.78, 5) is 0. The van der Waals surface area contributed by atoms with Crippen molar-refractivity contribution in [3.63, 3.8) is 0 Å². The van der Waals surface area contributed by atoms with Crippen LogP contribution in [0.25, 0.3) is 0 Å². The van der Waals surface area contributed by atoms with E-state index in [1.807, 2.05) is 25.6 Å². The average Bonchev–Trinajstić information content (AvgIpc) is 2.91. The molecule has 0 spiro atoms. The van der Waals surface area contributed by atoms with E-state index < -0.39 is 0 Å². The van der Waals surface area contributed by atoms with Crippen molar-refractivity contribution >= 4 is 0 Å². The van der Waals surface area contributed by atoms with Crippen LogP contribution >= 0.6 is 0 Å². The van der Waals surface area contributed by atoms with Gasteiger partial charge in [-0.05, 0) is 47.5 Å². The monoisotopic (exact) mass is 295 g/mol. The second kappa shape index (κ2) is 6.36. The van der Waals surface area contributed by atoms with Crippen molar-refractivity contribution < 1.29 is 9.47 Å². The fraction of sp³-hybridized carbons (Fsp3) is 0.812. The lowest BCUT2D eigenvalue weighted by molar-refractivity contribution is 0.0159. The lowest BCUT2D eigenvalue weighted by Gasteiger charge is -2.23. The Morgan fingerprint density at radius 1 is 1.29 bits per heavy atom. The van der Waals surface area contributed by atoms with E-state index in [1.165, 1.54) is 0 Å². The molecule has 1 fully saturated rings. The molecule has 0 saturated carbocycles. The predicted molar refractivity (Wildman–Crippen MR) is 83.8 cm³/mol. The summed E-state index contributed by atoms with van der Waals surface area (Å²) in [6.07, 6.45) is 2.65. The summed E-state index contributed by atoms with van der Waals surface area (Å²) < 4.78 is 13.8. The molecule has 0 aromatic carbocycles. The molecule has 0 amide bonds. The summed E-state index contributed by atoms with van der Waals surface area (Å²) in [5, 5.41) is 7.87. The van der Waals surface area contributed by atoms with Crippen LogP contribution in [-0.4, -0.2) is 40.7 Å². The molecule has 5 heteroatoms. The van der Waals surface area contributed by atoms with Gasteiger partial charge >= 0.3 is 0 Å². The first-order valence-corrected chi connectivity index (χ1v) is 7.80. The summed E-state index contributed by atoms with van der Waals surface area (Å²) in [5.41, 5.74) is 2.15. The SMILES string of the molecule is Cc1nn(C)c(C)c1OCC1CCC(CNC(C)(C)C)O1. The summed E-state index contributed by atoms with van der Waals surface area (Å²) in [7, 11) is 1.94. The number of nitrogens with one attached hydrogen (secondary N) is 1. The molecule has 120 valence electrons. The molecule has 0 bridgehead atoms. The zero-order valence-corrected chi connectivity index (χ0v) is 14.2. The summed E-state index contributed by atoms with van der Waals surface area (Å²) in [5.74, 6) is 0.900. The maximum atomic E-state index is 6.05. The van der Waals surface area contributed by atoms with E-state index in [-0.39, 0.29) is 11.6 Å². The van der Waals surface area contributed by atoms with E-state index in [0.717, 1.165) is 36.5 Å². The van der Waals surface area contributed by atoms with Crippen LogP contribution < -0.4 is 10.1 Å². The Bertz CT molecular complexity index is 477. The zero-order valence-electron chi connectivity index (χ0n) is 14.2. The first-order chi connectivity index (χ1) is 9.76. The molecule has 2 rings (SSSR count). The van der Waals surface area contributed by atoms with Gasteiger partial charge in [0.1, 0.15) is 12.3 Å². The van der Waals surface area contributed by atoms with Gasteiger partial charge in [0, 0.05) is 19.1 Å². The second-order valence-electron chi connectivity index (χ2n) is 7.02. The van der Waals surface area contributed by atoms with Crippen molar-refractivity contribution in [2.45, 2.75) is 65.2 Å². The topological polar surface area (TPSA) is 48.3 Å². The third-order valence-electron chi connectivity index (χ3n) is 3.91. The van der Waals surface area contributed by atoms with Crippen molar-refractivity contribution in [1.82, 2.24) is 15.1 Å². The summed E-state index contributed by atoms with van der Waals surface area (Å²) in [6, 6.07) is 0. The first-order valence-electron chi connectivity index (χ1n) is 7.80. The molecule has 1 N–H and O–H groups in total. The van der Waals surface area contributed by atoms with E-state index in [1.54, 1.807) is 0 Å². The molecule has 2 atom stereocenters. The van der Waals surface area contributed by atoms with Gasteiger partial charge in [0.05, 0.1) is 17.9 Å². The average molecular weight is 295 g/mol. The van der Waals surface area contributed by atoms with E-state index >= 15 is 0 Å². The van der Waals surface area contributed by atoms with Crippen LogP contribution in [0.3, 0.4) is 0 Å². The Hall–Kier alpha value is -1.07. The Morgan fingerprint density at radius 2 is 1.95 bits per heavy atom. The number of aromatic nitrogens is 2. The van der Waals surface area contributed by atoms with Crippen molar-refractivity contribution in [3.05, 3.63) is 11.4 Å². The van der Waals surface area contributed by atoms with Gasteiger partial charge in [-0.2, -0.15) is 5.10 Å². The highest BCUT2D eigenvalue weighted by Gasteiger charge is 2.27. The molecular weight excluding hydrogens is 266 g/mol. The van der Waals surface area contributed by atoms with Crippen molar-refractivity contribution in [2.24, 2.45) is 7.05 Å². The zero-order chi connectivity index (χ0) is 15.6. The summed E-state index contributed by atoms with van der Waals surface area (Å²) >= 11 is 0. The minimum Gasteiger partial charge on any atom is -0.487 e. The molecule has 2 heterocycles. The van der Waals surface area contributed by atoms with Gasteiger partial charge in [-0.1, -0.05) is 0 Å². The van der Waals surface area contributed by atoms with Gasteiger partial charge in [-0.25, -0.2) is 0 Å². The van der Waals surface area contributed by atoms with Crippen LogP contribution in [0.4, 0.5) is 0 Å². The number of nitrogens with zero attached hydrogens (tertiary/aromatic N) is 2. The number of aryl methyl sites for hydroxylation is 2. The highest BCUT2D eigenvalue weighted by Crippen LogP contribution is 2.24. The molecule has 2 unspecified atom stereocenters. The Balaban J connectivity index is 1.78. The highest BCUT2D eigenvalue weighted by molar-refractivity contribution is 5.31. The third-order valence-corrected chi connectivity index (χ3v) is 3.91. The van der Waals surface area contributed by atoms with Gasteiger partial charge in [0.2, 0.25) is 0 Å². The van der Waals surface area contributed by atoms with Gasteiger partial charge < -0.3 is 14.8 Å². The van der Waals surface area contributed by atoms with Gasteiger partial charge in [0.15, 0.2) is 5.75 Å². The molecule has 0 radical (unpaired) electrons. The van der Waals surface area contributed by atoms with Gasteiger partial charge in [0.25, 0.3) is 0 Å². The fourth-order valence-corrected chi connectivity index (χ4v) is 2.61. The number of rotatable bonds is 5. The molecule has 0 aliphatic carbocycles. The molecule has 21 heavy (non-hydrogen) atoms. The fourth-order valence-electron chi connectivity index (χ4n) is 2.61. The highest BCUT2D eigenvalue weighted by atomic mass is 16.5. The van der Waals surface area contributed by atoms with Crippen LogP contribution in [0.2, 0.25) is 0 Å². The summed E-state index contributed by atoms with van der Waals surface area (Å²) in [6.45, 7) is 12.1. The predicted octanol–water partition coefficient (Wildman–Crippen LogP) is 2.35. The molecule has 1 aliphatic heterocycles. The van der Waals surface area contributed by atoms with Crippen LogP contribution in [0.1, 0.15) is 45.0 Å². The van der Waals surface area contributed by atoms with E-state index in [4.69, 9.17) is 9.47 Å². The molecule has 5 nitrogen and oxygen atoms in total. The van der Waals surface area contributed by atoms with Crippen LogP contribution in [0.15, 0.2) is 0 Å². The van der Waals surface area contributed by atoms with Crippen LogP contribution in [-0.2, 0) is 11.8 Å². The Kier molecular flexibility index (Phi) is 4.94. The minimum atomic E-state index is 0.141. The number of ether oxygens (including phenoxy) is 2. The van der Waals surface area contributed by atoms with Crippen LogP contribution in [0.5, 0.6) is 5.75 Å². The van der Waals surface area contributed by atoms with Gasteiger partial charge in [-0.3, -0.25) is 4.68 Å². The Morgan fingerprint density at radius 3 is 2.52 bits per heavy atom. The standard InChI is InChI=1S/C16H29N3O2/c1-11-15(12(2)19(6)18-11)20-10-14-8-7-13(21-14)9-17-16(3,4)5/h13-14,17H,7-10H2,1-6H3. The molecule has 1 saturated heterocycles. The molecule has 1 aromatic heterocycles. The lowest BCUT2D eigenvalue weighted by Crippen LogP contribution is -2.41. The molecular formula is C16H29N3O2. The maximum absolute atomic E-state index is 6.05. The lowest BCUT2D eigenvalue weighted by atomic mass is 10.1. The van der Waals surface area contributed by atoms with Gasteiger partial charge in [-0.15, -0.1) is 0 Å². The molecule has 1 aromatic rings. The number of hydrogen-bond donors (Lipinski definition) is 1. The number of hydrogen-bond acceptors (Lipinski definition) is 4. The third kappa shape index (κ3) is 4.45. The molecule has 1 aliphatic rings. The second-order valence-corrected chi connectivity index (χ2v) is 7.02. The quantitative estimate of drug-likeness (QED) is 0.906. The van der Waals surface area contributed by atoms with E-state index in [9.17, 15) is 0 Å². The largest absolute Gasteiger partial charge is 0.487 e. The smallest absolute Gasteiger partial charge is 0.163 e. The van der Waals surface area contributed by atoms with Crippen molar-refractivity contribution in [2.75, 3.05) is 13.2 Å².